The summed E-state index contributed by atoms with van der Waals surface area (Å²) in [5.41, 5.74) is 7.71. The number of hydrogen-bond acceptors (Lipinski definition) is 4. The lowest BCUT2D eigenvalue weighted by Crippen LogP contribution is -2.06. The fourth-order valence-corrected chi connectivity index (χ4v) is 2.38. The molecule has 0 amide bonds. The number of nitrogens with zero attached hydrogens (tertiary/aromatic N) is 3. The number of aromatic amines is 1. The predicted octanol–water partition coefficient (Wildman–Crippen LogP) is 2.37. The minimum absolute atomic E-state index is 0.591. The molecule has 110 valence electrons. The van der Waals surface area contributed by atoms with Crippen LogP contribution in [0.4, 0.5) is 5.82 Å². The van der Waals surface area contributed by atoms with Gasteiger partial charge in [-0.2, -0.15) is 10.2 Å². The summed E-state index contributed by atoms with van der Waals surface area (Å²) in [6.45, 7) is 3.47. The first kappa shape index (κ1) is 13.5. The number of ether oxygens (including phenoxy) is 1. The van der Waals surface area contributed by atoms with Crippen LogP contribution in [-0.4, -0.2) is 26.6 Å². The van der Waals surface area contributed by atoms with E-state index in [0.717, 1.165) is 41.9 Å². The molecule has 0 atom stereocenters. The molecule has 0 radical (unpaired) electrons. The van der Waals surface area contributed by atoms with Gasteiger partial charge in [-0.05, 0) is 18.6 Å². The number of rotatable bonds is 6. The highest BCUT2D eigenvalue weighted by atomic mass is 16.5. The average molecular weight is 285 g/mol. The van der Waals surface area contributed by atoms with Crippen molar-refractivity contribution in [3.05, 3.63) is 36.0 Å². The van der Waals surface area contributed by atoms with Gasteiger partial charge >= 0.3 is 0 Å². The maximum absolute atomic E-state index is 5.90. The highest BCUT2D eigenvalue weighted by molar-refractivity contribution is 5.88. The van der Waals surface area contributed by atoms with E-state index in [1.54, 1.807) is 0 Å². The Morgan fingerprint density at radius 3 is 2.86 bits per heavy atom. The summed E-state index contributed by atoms with van der Waals surface area (Å²) in [5, 5.41) is 12.6. The maximum Gasteiger partial charge on any atom is 0.182 e. The van der Waals surface area contributed by atoms with Gasteiger partial charge in [0.05, 0.1) is 17.7 Å². The minimum Gasteiger partial charge on any atom is -0.494 e. The molecule has 0 aliphatic heterocycles. The second-order valence-corrected chi connectivity index (χ2v) is 4.87. The monoisotopic (exact) mass is 285 g/mol. The van der Waals surface area contributed by atoms with Crippen molar-refractivity contribution in [1.29, 1.82) is 0 Å². The van der Waals surface area contributed by atoms with Crippen LogP contribution in [0.25, 0.3) is 11.0 Å². The summed E-state index contributed by atoms with van der Waals surface area (Å²) < 4.78 is 7.58. The van der Waals surface area contributed by atoms with Gasteiger partial charge in [0.1, 0.15) is 11.6 Å². The molecule has 6 heteroatoms. The third-order valence-corrected chi connectivity index (χ3v) is 3.41. The van der Waals surface area contributed by atoms with Crippen LogP contribution in [0.5, 0.6) is 5.75 Å². The Hall–Kier alpha value is -2.50. The van der Waals surface area contributed by atoms with Gasteiger partial charge in [-0.1, -0.05) is 25.1 Å². The number of aryl methyl sites for hydroxylation is 2. The molecule has 0 fully saturated rings. The number of fused-ring (bicyclic) bond motifs is 1. The Kier molecular flexibility index (Phi) is 3.77. The molecule has 3 rings (SSSR count). The van der Waals surface area contributed by atoms with Crippen molar-refractivity contribution in [1.82, 2.24) is 20.0 Å². The number of nitrogens with two attached hydrogens (primary N) is 1. The first-order valence-electron chi connectivity index (χ1n) is 7.16. The standard InChI is InChI=1S/C15H19N5O/c1-2-12-13-14(16)17-18-15(13)20(19-12)9-6-10-21-11-7-4-3-5-8-11/h3-5,7-8H,2,6,9-10H2,1H3,(H3,16,17,18). The van der Waals surface area contributed by atoms with Crippen LogP contribution >= 0.6 is 0 Å². The van der Waals surface area contributed by atoms with Gasteiger partial charge < -0.3 is 10.5 Å². The molecule has 1 aromatic carbocycles. The highest BCUT2D eigenvalue weighted by Gasteiger charge is 2.14. The number of H-pyrrole nitrogens is 1. The van der Waals surface area contributed by atoms with Crippen LogP contribution in [0.3, 0.4) is 0 Å². The Morgan fingerprint density at radius 2 is 2.10 bits per heavy atom. The van der Waals surface area contributed by atoms with Crippen LogP contribution in [0.1, 0.15) is 19.0 Å². The number of para-hydroxylation sites is 1. The van der Waals surface area contributed by atoms with Crippen molar-refractivity contribution < 1.29 is 4.74 Å². The van der Waals surface area contributed by atoms with E-state index in [4.69, 9.17) is 10.5 Å². The van der Waals surface area contributed by atoms with Crippen molar-refractivity contribution in [3.63, 3.8) is 0 Å². The Bertz CT molecular complexity index is 716. The van der Waals surface area contributed by atoms with Crippen LogP contribution in [0, 0.1) is 0 Å². The van der Waals surface area contributed by atoms with Crippen LogP contribution in [0.15, 0.2) is 30.3 Å². The number of nitrogen functional groups attached to an aromatic ring is 1. The Labute approximate surface area is 122 Å². The predicted molar refractivity (Wildman–Crippen MR) is 82.2 cm³/mol. The van der Waals surface area contributed by atoms with Gasteiger partial charge in [-0.15, -0.1) is 0 Å². The number of anilines is 1. The van der Waals surface area contributed by atoms with Crippen molar-refractivity contribution in [2.45, 2.75) is 26.3 Å². The molecule has 0 spiro atoms. The normalized spacial score (nSPS) is 11.1. The minimum atomic E-state index is 0.591. The molecule has 0 saturated carbocycles. The summed E-state index contributed by atoms with van der Waals surface area (Å²) >= 11 is 0. The van der Waals surface area contributed by atoms with E-state index in [-0.39, 0.29) is 0 Å². The number of nitrogens with one attached hydrogen (secondary N) is 1. The van der Waals surface area contributed by atoms with Gasteiger partial charge in [0, 0.05) is 13.0 Å². The lowest BCUT2D eigenvalue weighted by Gasteiger charge is -2.06. The lowest BCUT2D eigenvalue weighted by molar-refractivity contribution is 0.299. The van der Waals surface area contributed by atoms with Gasteiger partial charge in [0.25, 0.3) is 0 Å². The first-order valence-corrected chi connectivity index (χ1v) is 7.16. The molecule has 2 aromatic heterocycles. The smallest absolute Gasteiger partial charge is 0.182 e. The molecule has 0 unspecified atom stereocenters. The summed E-state index contributed by atoms with van der Waals surface area (Å²) in [4.78, 5) is 0. The van der Waals surface area contributed by atoms with Gasteiger partial charge in [0.2, 0.25) is 0 Å². The number of benzene rings is 1. The molecule has 0 saturated heterocycles. The van der Waals surface area contributed by atoms with Gasteiger partial charge in [-0.3, -0.25) is 5.10 Å². The maximum atomic E-state index is 5.90. The van der Waals surface area contributed by atoms with E-state index in [1.807, 2.05) is 35.0 Å². The largest absolute Gasteiger partial charge is 0.494 e. The molecule has 2 heterocycles. The van der Waals surface area contributed by atoms with E-state index in [1.165, 1.54) is 0 Å². The fourth-order valence-electron chi connectivity index (χ4n) is 2.38. The van der Waals surface area contributed by atoms with E-state index in [0.29, 0.717) is 12.4 Å². The van der Waals surface area contributed by atoms with E-state index >= 15 is 0 Å². The summed E-state index contributed by atoms with van der Waals surface area (Å²) in [7, 11) is 0. The van der Waals surface area contributed by atoms with Crippen molar-refractivity contribution in [2.75, 3.05) is 12.3 Å². The molecule has 0 bridgehead atoms. The zero-order chi connectivity index (χ0) is 14.7. The van der Waals surface area contributed by atoms with Crippen LogP contribution in [0.2, 0.25) is 0 Å². The second kappa shape index (κ2) is 5.87. The number of aromatic nitrogens is 4. The Balaban J connectivity index is 1.63. The quantitative estimate of drug-likeness (QED) is 0.681. The van der Waals surface area contributed by atoms with E-state index < -0.39 is 0 Å². The van der Waals surface area contributed by atoms with Crippen molar-refractivity contribution in [3.8, 4) is 5.75 Å². The lowest BCUT2D eigenvalue weighted by atomic mass is 10.2. The third kappa shape index (κ3) is 2.69. The van der Waals surface area contributed by atoms with Crippen molar-refractivity contribution in [2.24, 2.45) is 0 Å². The van der Waals surface area contributed by atoms with E-state index in [9.17, 15) is 0 Å². The third-order valence-electron chi connectivity index (χ3n) is 3.41. The molecule has 21 heavy (non-hydrogen) atoms. The van der Waals surface area contributed by atoms with Gasteiger partial charge in [0.15, 0.2) is 5.65 Å². The zero-order valence-corrected chi connectivity index (χ0v) is 12.0. The fraction of sp³-hybridized carbons (Fsp3) is 0.333. The van der Waals surface area contributed by atoms with Crippen LogP contribution < -0.4 is 10.5 Å². The summed E-state index contributed by atoms with van der Waals surface area (Å²) in [6.07, 6.45) is 1.70. The average Bonchev–Trinajstić information content (AvgIpc) is 3.06. The summed E-state index contributed by atoms with van der Waals surface area (Å²) in [5.74, 6) is 1.48. The Morgan fingerprint density at radius 1 is 1.29 bits per heavy atom. The highest BCUT2D eigenvalue weighted by Crippen LogP contribution is 2.22. The molecule has 0 aliphatic carbocycles. The molecule has 3 N–H and O–H groups in total. The zero-order valence-electron chi connectivity index (χ0n) is 12.0. The topological polar surface area (TPSA) is 81.8 Å². The second-order valence-electron chi connectivity index (χ2n) is 4.87. The first-order chi connectivity index (χ1) is 10.3. The SMILES string of the molecule is CCc1nn(CCCOc2ccccc2)c2n[nH]c(N)c12. The molecular weight excluding hydrogens is 266 g/mol. The van der Waals surface area contributed by atoms with Gasteiger partial charge in [-0.25, -0.2) is 4.68 Å². The van der Waals surface area contributed by atoms with E-state index in [2.05, 4.69) is 22.2 Å². The summed E-state index contributed by atoms with van der Waals surface area (Å²) in [6, 6.07) is 9.81. The molecule has 0 aliphatic rings. The van der Waals surface area contributed by atoms with Crippen molar-refractivity contribution >= 4 is 16.9 Å². The van der Waals surface area contributed by atoms with Crippen LogP contribution in [-0.2, 0) is 13.0 Å². The molecule has 6 nitrogen and oxygen atoms in total. The number of hydrogen-bond donors (Lipinski definition) is 2. The molecular formula is C15H19N5O. The molecule has 3 aromatic rings.